The fourth-order valence-electron chi connectivity index (χ4n) is 1.06. The molecule has 0 aromatic carbocycles. The van der Waals surface area contributed by atoms with Gasteiger partial charge in [-0.3, -0.25) is 4.79 Å². The molecule has 0 saturated heterocycles. The first-order valence-corrected chi connectivity index (χ1v) is 5.34. The molecule has 4 nitrogen and oxygen atoms in total. The van der Waals surface area contributed by atoms with Gasteiger partial charge in [0.05, 0.1) is 0 Å². The van der Waals surface area contributed by atoms with Crippen LogP contribution in [0.1, 0.15) is 40.5 Å². The van der Waals surface area contributed by atoms with E-state index in [-0.39, 0.29) is 6.42 Å². The molecule has 0 fully saturated rings. The highest BCUT2D eigenvalue weighted by atomic mass is 32.1. The lowest BCUT2D eigenvalue weighted by atomic mass is 9.96. The van der Waals surface area contributed by atoms with Crippen LogP contribution in [-0.2, 0) is 14.3 Å². The number of ether oxygens (including phenoxy) is 1. The molecule has 0 spiro atoms. The largest absolute Gasteiger partial charge is 0.458 e. The Morgan fingerprint density at radius 1 is 1.33 bits per heavy atom. The van der Waals surface area contributed by atoms with Crippen molar-refractivity contribution in [3.05, 3.63) is 0 Å². The molecular formula is C10H19NO3S. The number of esters is 1. The number of hydrogen-bond donors (Lipinski definition) is 2. The van der Waals surface area contributed by atoms with Crippen LogP contribution in [0.15, 0.2) is 0 Å². The third-order valence-electron chi connectivity index (χ3n) is 1.79. The normalized spacial score (nSPS) is 15.6. The summed E-state index contributed by atoms with van der Waals surface area (Å²) in [6.07, 6.45) is 0.853. The van der Waals surface area contributed by atoms with Crippen LogP contribution in [0, 0.1) is 0 Å². The third-order valence-corrected chi connectivity index (χ3v) is 2.19. The summed E-state index contributed by atoms with van der Waals surface area (Å²) in [5, 5.41) is -0.654. The molecular weight excluding hydrogens is 214 g/mol. The van der Waals surface area contributed by atoms with E-state index in [0.717, 1.165) is 0 Å². The molecule has 0 saturated carbocycles. The predicted octanol–water partition coefficient (Wildman–Crippen LogP) is 1.28. The zero-order valence-corrected chi connectivity index (χ0v) is 10.6. The van der Waals surface area contributed by atoms with Crippen molar-refractivity contribution in [3.8, 4) is 0 Å². The Kier molecular flexibility index (Phi) is 4.80. The molecule has 0 rings (SSSR count). The van der Waals surface area contributed by atoms with Crippen LogP contribution < -0.4 is 5.73 Å². The van der Waals surface area contributed by atoms with Crippen LogP contribution in [0.2, 0.25) is 0 Å². The Morgan fingerprint density at radius 2 is 1.80 bits per heavy atom. The van der Waals surface area contributed by atoms with Gasteiger partial charge in [0.15, 0.2) is 5.54 Å². The molecule has 0 aromatic rings. The highest BCUT2D eigenvalue weighted by Crippen LogP contribution is 2.19. The van der Waals surface area contributed by atoms with E-state index < -0.39 is 22.2 Å². The van der Waals surface area contributed by atoms with Gasteiger partial charge < -0.3 is 10.5 Å². The second-order valence-electron chi connectivity index (χ2n) is 4.53. The summed E-state index contributed by atoms with van der Waals surface area (Å²) in [5.74, 6) is -0.711. The van der Waals surface area contributed by atoms with Crippen LogP contribution in [0.4, 0.5) is 0 Å². The van der Waals surface area contributed by atoms with Gasteiger partial charge in [0, 0.05) is 0 Å². The monoisotopic (exact) mass is 233 g/mol. The maximum Gasteiger partial charge on any atom is 0.335 e. The van der Waals surface area contributed by atoms with Gasteiger partial charge >= 0.3 is 5.97 Å². The van der Waals surface area contributed by atoms with Gasteiger partial charge in [-0.15, -0.1) is 12.6 Å². The molecule has 15 heavy (non-hydrogen) atoms. The standard InChI is InChI=1S/C10H19NO3S/c1-5-6-10(11,8(13)15)7(12)14-9(2,3)4/h5-6,11H2,1-4H3,(H,13,15). The molecule has 0 aliphatic carbocycles. The molecule has 0 heterocycles. The molecule has 0 bridgehead atoms. The first-order valence-electron chi connectivity index (χ1n) is 4.89. The number of rotatable bonds is 4. The van der Waals surface area contributed by atoms with Crippen LogP contribution in [0.5, 0.6) is 0 Å². The molecule has 88 valence electrons. The zero-order chi connectivity index (χ0) is 12.3. The van der Waals surface area contributed by atoms with E-state index in [1.54, 1.807) is 20.8 Å². The average molecular weight is 233 g/mol. The fourth-order valence-corrected chi connectivity index (χ4v) is 1.26. The Bertz CT molecular complexity index is 260. The summed E-state index contributed by atoms with van der Waals surface area (Å²) in [6.45, 7) is 7.00. The lowest BCUT2D eigenvalue weighted by Crippen LogP contribution is -2.55. The lowest BCUT2D eigenvalue weighted by molar-refractivity contribution is -0.162. The quantitative estimate of drug-likeness (QED) is 0.436. The van der Waals surface area contributed by atoms with Crippen molar-refractivity contribution in [2.45, 2.75) is 51.7 Å². The predicted molar refractivity (Wildman–Crippen MR) is 61.7 cm³/mol. The number of hydrogen-bond acceptors (Lipinski definition) is 4. The minimum absolute atomic E-state index is 0.240. The zero-order valence-electron chi connectivity index (χ0n) is 9.66. The van der Waals surface area contributed by atoms with Crippen molar-refractivity contribution in [3.63, 3.8) is 0 Å². The summed E-state index contributed by atoms with van der Waals surface area (Å²) < 4.78 is 5.08. The summed E-state index contributed by atoms with van der Waals surface area (Å²) >= 11 is 3.64. The van der Waals surface area contributed by atoms with Gasteiger partial charge in [0.1, 0.15) is 5.60 Å². The maximum absolute atomic E-state index is 11.7. The summed E-state index contributed by atoms with van der Waals surface area (Å²) in [7, 11) is 0. The Hall–Kier alpha value is -0.550. The van der Waals surface area contributed by atoms with Crippen LogP contribution in [0.3, 0.4) is 0 Å². The molecule has 0 aliphatic heterocycles. The number of carbonyl (C=O) groups is 2. The van der Waals surface area contributed by atoms with E-state index in [1.807, 2.05) is 6.92 Å². The smallest absolute Gasteiger partial charge is 0.335 e. The highest BCUT2D eigenvalue weighted by molar-refractivity contribution is 7.97. The Labute approximate surface area is 96.0 Å². The molecule has 2 N–H and O–H groups in total. The van der Waals surface area contributed by atoms with E-state index in [4.69, 9.17) is 10.5 Å². The molecule has 0 aromatic heterocycles. The topological polar surface area (TPSA) is 69.4 Å². The first kappa shape index (κ1) is 14.5. The van der Waals surface area contributed by atoms with Gasteiger partial charge in [-0.25, -0.2) is 4.79 Å². The van der Waals surface area contributed by atoms with E-state index in [9.17, 15) is 9.59 Å². The van der Waals surface area contributed by atoms with Gasteiger partial charge in [0.25, 0.3) is 0 Å². The van der Waals surface area contributed by atoms with Gasteiger partial charge in [0.2, 0.25) is 5.12 Å². The molecule has 1 unspecified atom stereocenters. The summed E-state index contributed by atoms with van der Waals surface area (Å²) in [5.41, 5.74) is 3.43. The van der Waals surface area contributed by atoms with Crippen LogP contribution in [-0.4, -0.2) is 22.2 Å². The molecule has 0 amide bonds. The third kappa shape index (κ3) is 4.22. The molecule has 5 heteroatoms. The second kappa shape index (κ2) is 4.99. The van der Waals surface area contributed by atoms with Crippen molar-refractivity contribution in [2.24, 2.45) is 5.73 Å². The average Bonchev–Trinajstić information content (AvgIpc) is 2.00. The first-order chi connectivity index (χ1) is 6.63. The SMILES string of the molecule is CCCC(N)(C(=O)S)C(=O)OC(C)(C)C. The minimum atomic E-state index is -1.62. The molecule has 1 atom stereocenters. The molecule has 0 aliphatic rings. The van der Waals surface area contributed by atoms with Crippen LogP contribution >= 0.6 is 12.6 Å². The van der Waals surface area contributed by atoms with Gasteiger partial charge in [-0.2, -0.15) is 0 Å². The van der Waals surface area contributed by atoms with Crippen LogP contribution in [0.25, 0.3) is 0 Å². The van der Waals surface area contributed by atoms with E-state index in [0.29, 0.717) is 6.42 Å². The lowest BCUT2D eigenvalue weighted by Gasteiger charge is -2.28. The number of carbonyl (C=O) groups excluding carboxylic acids is 2. The number of nitrogens with two attached hydrogens (primary N) is 1. The van der Waals surface area contributed by atoms with Crippen molar-refractivity contribution in [1.82, 2.24) is 0 Å². The fraction of sp³-hybridized carbons (Fsp3) is 0.800. The van der Waals surface area contributed by atoms with E-state index in [1.165, 1.54) is 0 Å². The van der Waals surface area contributed by atoms with Gasteiger partial charge in [-0.1, -0.05) is 13.3 Å². The highest BCUT2D eigenvalue weighted by Gasteiger charge is 2.42. The second-order valence-corrected chi connectivity index (χ2v) is 4.93. The Morgan fingerprint density at radius 3 is 2.07 bits per heavy atom. The number of thiol groups is 1. The maximum atomic E-state index is 11.7. The summed E-state index contributed by atoms with van der Waals surface area (Å²) in [6, 6.07) is 0. The molecule has 0 radical (unpaired) electrons. The minimum Gasteiger partial charge on any atom is -0.458 e. The van der Waals surface area contributed by atoms with Crippen molar-refractivity contribution in [1.29, 1.82) is 0 Å². The van der Waals surface area contributed by atoms with Crippen molar-refractivity contribution >= 4 is 23.7 Å². The van der Waals surface area contributed by atoms with Gasteiger partial charge in [-0.05, 0) is 27.2 Å². The Balaban J connectivity index is 4.79. The van der Waals surface area contributed by atoms with E-state index in [2.05, 4.69) is 12.6 Å². The van der Waals surface area contributed by atoms with Crippen molar-refractivity contribution in [2.75, 3.05) is 0 Å². The van der Waals surface area contributed by atoms with E-state index >= 15 is 0 Å². The summed E-state index contributed by atoms with van der Waals surface area (Å²) in [4.78, 5) is 22.9. The van der Waals surface area contributed by atoms with Crippen molar-refractivity contribution < 1.29 is 14.3 Å².